The first-order chi connectivity index (χ1) is 9.49. The highest BCUT2D eigenvalue weighted by molar-refractivity contribution is 6.03. The van der Waals surface area contributed by atoms with Gasteiger partial charge in [-0.15, -0.1) is 0 Å². The van der Waals surface area contributed by atoms with E-state index in [1.54, 1.807) is 0 Å². The maximum absolute atomic E-state index is 13.7. The summed E-state index contributed by atoms with van der Waals surface area (Å²) >= 11 is 0. The van der Waals surface area contributed by atoms with Crippen molar-refractivity contribution in [3.8, 4) is 0 Å². The van der Waals surface area contributed by atoms with E-state index < -0.39 is 5.92 Å². The molecule has 0 fully saturated rings. The van der Waals surface area contributed by atoms with E-state index >= 15 is 0 Å². The number of aryl methyl sites for hydroxylation is 1. The van der Waals surface area contributed by atoms with Crippen LogP contribution in [0.15, 0.2) is 12.1 Å². The number of unbranched alkanes of at least 4 members (excludes halogenated alkanes) is 1. The molecule has 1 aliphatic rings. The molecule has 0 heterocycles. The molecule has 1 aliphatic carbocycles. The van der Waals surface area contributed by atoms with Crippen molar-refractivity contribution in [2.24, 2.45) is 0 Å². The monoisotopic (exact) mass is 281 g/mol. The molecule has 0 radical (unpaired) electrons. The first-order valence-electron chi connectivity index (χ1n) is 6.78. The summed E-state index contributed by atoms with van der Waals surface area (Å²) in [5.41, 5.74) is 0.948. The third-order valence-electron chi connectivity index (χ3n) is 3.62. The van der Waals surface area contributed by atoms with E-state index in [1.165, 1.54) is 12.1 Å². The Morgan fingerprint density at radius 1 is 1.45 bits per heavy atom. The maximum atomic E-state index is 13.7. The van der Waals surface area contributed by atoms with Crippen LogP contribution in [-0.2, 0) is 17.1 Å². The number of ketones is 1. The molecule has 2 rings (SSSR count). The van der Waals surface area contributed by atoms with Crippen LogP contribution in [0, 0.1) is 0 Å². The van der Waals surface area contributed by atoms with Gasteiger partial charge < -0.3 is 5.32 Å². The summed E-state index contributed by atoms with van der Waals surface area (Å²) in [7, 11) is 0. The molecule has 1 amide bonds. The molecule has 1 N–H and O–H groups in total. The van der Waals surface area contributed by atoms with Crippen molar-refractivity contribution in [3.05, 3.63) is 28.8 Å². The van der Waals surface area contributed by atoms with E-state index in [1.807, 2.05) is 6.92 Å². The summed E-state index contributed by atoms with van der Waals surface area (Å²) in [6.45, 7) is 1.97. The Morgan fingerprint density at radius 2 is 2.20 bits per heavy atom. The van der Waals surface area contributed by atoms with E-state index in [9.17, 15) is 18.4 Å². The number of carbonyl (C=O) groups excluding carboxylic acids is 2. The highest BCUT2D eigenvalue weighted by Crippen LogP contribution is 2.43. The maximum Gasteiger partial charge on any atom is 0.273 e. The zero-order valence-corrected chi connectivity index (χ0v) is 11.3. The second-order valence-corrected chi connectivity index (χ2v) is 5.05. The number of amides is 1. The van der Waals surface area contributed by atoms with Gasteiger partial charge in [0.1, 0.15) is 0 Å². The van der Waals surface area contributed by atoms with Gasteiger partial charge in [0, 0.05) is 24.0 Å². The summed E-state index contributed by atoms with van der Waals surface area (Å²) in [4.78, 5) is 22.7. The van der Waals surface area contributed by atoms with Gasteiger partial charge in [0.05, 0.1) is 5.69 Å². The first kappa shape index (κ1) is 14.6. The van der Waals surface area contributed by atoms with Gasteiger partial charge in [0.2, 0.25) is 6.41 Å². The summed E-state index contributed by atoms with van der Waals surface area (Å²) in [6.07, 6.45) is 2.41. The zero-order valence-electron chi connectivity index (χ0n) is 11.3. The van der Waals surface area contributed by atoms with E-state index in [0.29, 0.717) is 24.0 Å². The summed E-state index contributed by atoms with van der Waals surface area (Å²) in [6, 6.07) is 2.76. The Hall–Kier alpha value is -1.78. The molecule has 108 valence electrons. The van der Waals surface area contributed by atoms with Crippen LogP contribution < -0.4 is 5.32 Å². The molecule has 1 aromatic rings. The summed E-state index contributed by atoms with van der Waals surface area (Å²) in [5.74, 6) is -2.99. The number of rotatable bonds is 6. The van der Waals surface area contributed by atoms with Gasteiger partial charge in [-0.1, -0.05) is 13.3 Å². The normalized spacial score (nSPS) is 15.8. The van der Waals surface area contributed by atoms with Crippen LogP contribution in [0.4, 0.5) is 14.5 Å². The van der Waals surface area contributed by atoms with Crippen LogP contribution in [0.5, 0.6) is 0 Å². The lowest BCUT2D eigenvalue weighted by Crippen LogP contribution is -2.11. The topological polar surface area (TPSA) is 46.2 Å². The minimum Gasteiger partial charge on any atom is -0.328 e. The van der Waals surface area contributed by atoms with Crippen molar-refractivity contribution in [2.45, 2.75) is 45.0 Å². The van der Waals surface area contributed by atoms with E-state index in [0.717, 1.165) is 12.8 Å². The van der Waals surface area contributed by atoms with Crippen LogP contribution in [0.1, 0.15) is 54.1 Å². The molecule has 1 aromatic carbocycles. The van der Waals surface area contributed by atoms with Gasteiger partial charge in [-0.3, -0.25) is 9.59 Å². The smallest absolute Gasteiger partial charge is 0.273 e. The van der Waals surface area contributed by atoms with Crippen LogP contribution in [0.3, 0.4) is 0 Å². The fourth-order valence-electron chi connectivity index (χ4n) is 2.50. The minimum atomic E-state index is -2.88. The molecule has 0 unspecified atom stereocenters. The highest BCUT2D eigenvalue weighted by atomic mass is 19.3. The van der Waals surface area contributed by atoms with Crippen molar-refractivity contribution < 1.29 is 18.4 Å². The fourth-order valence-corrected chi connectivity index (χ4v) is 2.50. The SMILES string of the molecule is CCCCC(=O)c1cc2c(cc1NC=O)C(F)(F)CC2. The quantitative estimate of drug-likeness (QED) is 0.639. The zero-order chi connectivity index (χ0) is 14.8. The third-order valence-corrected chi connectivity index (χ3v) is 3.62. The molecule has 0 atom stereocenters. The van der Waals surface area contributed by atoms with Gasteiger partial charge in [0.15, 0.2) is 5.78 Å². The average Bonchev–Trinajstić information content (AvgIpc) is 2.71. The number of fused-ring (bicyclic) bond motifs is 1. The van der Waals surface area contributed by atoms with E-state index in [4.69, 9.17) is 0 Å². The van der Waals surface area contributed by atoms with Crippen molar-refractivity contribution in [2.75, 3.05) is 5.32 Å². The summed E-state index contributed by atoms with van der Waals surface area (Å²) in [5, 5.41) is 2.37. The van der Waals surface area contributed by atoms with Gasteiger partial charge in [0.25, 0.3) is 5.92 Å². The van der Waals surface area contributed by atoms with E-state index in [-0.39, 0.29) is 29.9 Å². The standard InChI is InChI=1S/C15H17F2NO2/c1-2-3-4-14(20)11-7-10-5-6-15(16,17)12(10)8-13(11)18-9-19/h7-9H,2-6H2,1H3,(H,18,19). The number of Topliss-reactive ketones (excluding diaryl/α,β-unsaturated/α-hetero) is 1. The largest absolute Gasteiger partial charge is 0.328 e. The van der Waals surface area contributed by atoms with Crippen LogP contribution in [0.2, 0.25) is 0 Å². The number of benzene rings is 1. The van der Waals surface area contributed by atoms with Crippen LogP contribution >= 0.6 is 0 Å². The third kappa shape index (κ3) is 2.71. The highest BCUT2D eigenvalue weighted by Gasteiger charge is 2.40. The van der Waals surface area contributed by atoms with Gasteiger partial charge in [-0.05, 0) is 30.5 Å². The Balaban J connectivity index is 2.41. The van der Waals surface area contributed by atoms with Crippen molar-refractivity contribution in [1.82, 2.24) is 0 Å². The molecule has 0 bridgehead atoms. The average molecular weight is 281 g/mol. The fraction of sp³-hybridized carbons (Fsp3) is 0.467. The van der Waals surface area contributed by atoms with E-state index in [2.05, 4.69) is 5.32 Å². The second-order valence-electron chi connectivity index (χ2n) is 5.05. The number of nitrogens with one attached hydrogen (secondary N) is 1. The lowest BCUT2D eigenvalue weighted by atomic mass is 9.98. The molecular formula is C15H17F2NO2. The second kappa shape index (κ2) is 5.69. The first-order valence-corrected chi connectivity index (χ1v) is 6.78. The van der Waals surface area contributed by atoms with Crippen molar-refractivity contribution >= 4 is 17.9 Å². The van der Waals surface area contributed by atoms with Crippen molar-refractivity contribution in [1.29, 1.82) is 0 Å². The molecule has 0 saturated carbocycles. The van der Waals surface area contributed by atoms with Gasteiger partial charge >= 0.3 is 0 Å². The number of hydrogen-bond donors (Lipinski definition) is 1. The molecular weight excluding hydrogens is 264 g/mol. The molecule has 0 spiro atoms. The van der Waals surface area contributed by atoms with Crippen LogP contribution in [-0.4, -0.2) is 12.2 Å². The number of hydrogen-bond acceptors (Lipinski definition) is 2. The van der Waals surface area contributed by atoms with Gasteiger partial charge in [-0.25, -0.2) is 8.78 Å². The van der Waals surface area contributed by atoms with Crippen LogP contribution in [0.25, 0.3) is 0 Å². The molecule has 0 saturated heterocycles. The molecule has 20 heavy (non-hydrogen) atoms. The number of alkyl halides is 2. The lowest BCUT2D eigenvalue weighted by molar-refractivity contribution is -0.105. The predicted molar refractivity (Wildman–Crippen MR) is 72.2 cm³/mol. The molecule has 0 aromatic heterocycles. The molecule has 5 heteroatoms. The lowest BCUT2D eigenvalue weighted by Gasteiger charge is -2.14. The van der Waals surface area contributed by atoms with Gasteiger partial charge in [-0.2, -0.15) is 0 Å². The van der Waals surface area contributed by atoms with Crippen molar-refractivity contribution in [3.63, 3.8) is 0 Å². The Labute approximate surface area is 116 Å². The Kier molecular flexibility index (Phi) is 4.16. The number of anilines is 1. The Bertz CT molecular complexity index is 541. The molecule has 0 aliphatic heterocycles. The minimum absolute atomic E-state index is 0.0751. The number of carbonyl (C=O) groups is 2. The Morgan fingerprint density at radius 3 is 2.85 bits per heavy atom. The predicted octanol–water partition coefficient (Wildman–Crippen LogP) is 3.67. The molecule has 3 nitrogen and oxygen atoms in total. The number of halogens is 2. The summed E-state index contributed by atoms with van der Waals surface area (Å²) < 4.78 is 27.4.